The molecule has 1 aliphatic rings. The number of benzene rings is 2. The number of esters is 1. The monoisotopic (exact) mass is 419 g/mol. The molecule has 0 unspecified atom stereocenters. The van der Waals surface area contributed by atoms with Crippen LogP contribution in [0.3, 0.4) is 0 Å². The lowest BCUT2D eigenvalue weighted by molar-refractivity contribution is -0.124. The molecule has 1 N–H and O–H groups in total. The van der Waals surface area contributed by atoms with Gasteiger partial charge in [-0.3, -0.25) is 4.79 Å². The van der Waals surface area contributed by atoms with Gasteiger partial charge in [0.05, 0.1) is 11.7 Å². The van der Waals surface area contributed by atoms with E-state index in [4.69, 9.17) is 21.1 Å². The van der Waals surface area contributed by atoms with Gasteiger partial charge in [0.2, 0.25) is 0 Å². The quantitative estimate of drug-likeness (QED) is 0.515. The van der Waals surface area contributed by atoms with Crippen molar-refractivity contribution in [2.45, 2.75) is 29.6 Å². The van der Waals surface area contributed by atoms with E-state index in [0.29, 0.717) is 17.1 Å². The molecule has 2 aromatic carbocycles. The van der Waals surface area contributed by atoms with Gasteiger partial charge in [-0.1, -0.05) is 23.7 Å². The summed E-state index contributed by atoms with van der Waals surface area (Å²) in [4.78, 5) is 25.0. The van der Waals surface area contributed by atoms with Crippen molar-refractivity contribution in [1.29, 1.82) is 0 Å². The minimum atomic E-state index is -0.510. The van der Waals surface area contributed by atoms with E-state index in [-0.39, 0.29) is 18.6 Å². The van der Waals surface area contributed by atoms with Crippen molar-refractivity contribution in [2.24, 2.45) is 0 Å². The number of thioether (sulfide) groups is 1. The average molecular weight is 420 g/mol. The van der Waals surface area contributed by atoms with E-state index < -0.39 is 5.97 Å². The van der Waals surface area contributed by atoms with Crippen molar-refractivity contribution in [3.05, 3.63) is 64.7 Å². The lowest BCUT2D eigenvalue weighted by Gasteiger charge is -2.11. The van der Waals surface area contributed by atoms with Crippen LogP contribution in [0.4, 0.5) is 0 Å². The molecule has 1 aliphatic heterocycles. The minimum absolute atomic E-state index is 0.0675. The Labute approximate surface area is 173 Å². The molecule has 0 aliphatic carbocycles. The van der Waals surface area contributed by atoms with E-state index in [2.05, 4.69) is 5.32 Å². The molecule has 3 rings (SSSR count). The Morgan fingerprint density at radius 2 is 1.89 bits per heavy atom. The van der Waals surface area contributed by atoms with Gasteiger partial charge in [0.15, 0.2) is 6.61 Å². The van der Waals surface area contributed by atoms with Crippen molar-refractivity contribution in [1.82, 2.24) is 5.32 Å². The SMILES string of the molecule is O=C(COC(=O)c1ccc(CSc2ccc(Cl)cc2)cc1)NC[C@@H]1CCCO1. The predicted octanol–water partition coefficient (Wildman–Crippen LogP) is 4.08. The first-order chi connectivity index (χ1) is 13.6. The second kappa shape index (κ2) is 10.5. The van der Waals surface area contributed by atoms with Crippen molar-refractivity contribution in [3.63, 3.8) is 0 Å². The van der Waals surface area contributed by atoms with E-state index in [1.807, 2.05) is 36.4 Å². The first kappa shape index (κ1) is 20.7. The van der Waals surface area contributed by atoms with Crippen LogP contribution in [-0.4, -0.2) is 37.7 Å². The summed E-state index contributed by atoms with van der Waals surface area (Å²) in [7, 11) is 0. The van der Waals surface area contributed by atoms with E-state index in [9.17, 15) is 9.59 Å². The molecule has 0 aromatic heterocycles. The van der Waals surface area contributed by atoms with Gasteiger partial charge in [0.25, 0.3) is 5.91 Å². The summed E-state index contributed by atoms with van der Waals surface area (Å²) >= 11 is 7.57. The smallest absolute Gasteiger partial charge is 0.338 e. The molecule has 5 nitrogen and oxygen atoms in total. The Kier molecular flexibility index (Phi) is 7.77. The highest BCUT2D eigenvalue weighted by molar-refractivity contribution is 7.98. The average Bonchev–Trinajstić information content (AvgIpc) is 3.24. The fourth-order valence-corrected chi connectivity index (χ4v) is 3.71. The second-order valence-electron chi connectivity index (χ2n) is 6.45. The number of hydrogen-bond donors (Lipinski definition) is 1. The molecule has 0 saturated carbocycles. The molecular weight excluding hydrogens is 398 g/mol. The minimum Gasteiger partial charge on any atom is -0.452 e. The first-order valence-electron chi connectivity index (χ1n) is 9.13. The van der Waals surface area contributed by atoms with Crippen LogP contribution in [0.2, 0.25) is 5.02 Å². The highest BCUT2D eigenvalue weighted by Crippen LogP contribution is 2.24. The maximum absolute atomic E-state index is 12.1. The number of nitrogens with one attached hydrogen (secondary N) is 1. The van der Waals surface area contributed by atoms with Gasteiger partial charge >= 0.3 is 5.97 Å². The number of hydrogen-bond acceptors (Lipinski definition) is 5. The van der Waals surface area contributed by atoms with Crippen LogP contribution in [0, 0.1) is 0 Å². The van der Waals surface area contributed by atoms with Gasteiger partial charge in [-0.05, 0) is 54.8 Å². The van der Waals surface area contributed by atoms with Crippen molar-refractivity contribution in [2.75, 3.05) is 19.8 Å². The molecule has 1 fully saturated rings. The maximum atomic E-state index is 12.1. The van der Waals surface area contributed by atoms with E-state index in [1.54, 1.807) is 23.9 Å². The molecule has 1 heterocycles. The lowest BCUT2D eigenvalue weighted by atomic mass is 10.1. The first-order valence-corrected chi connectivity index (χ1v) is 10.5. The van der Waals surface area contributed by atoms with Crippen molar-refractivity contribution >= 4 is 35.2 Å². The van der Waals surface area contributed by atoms with Crippen LogP contribution in [0.5, 0.6) is 0 Å². The lowest BCUT2D eigenvalue weighted by Crippen LogP contribution is -2.34. The van der Waals surface area contributed by atoms with Gasteiger partial charge in [0.1, 0.15) is 0 Å². The van der Waals surface area contributed by atoms with Gasteiger partial charge in [-0.25, -0.2) is 4.79 Å². The van der Waals surface area contributed by atoms with E-state index in [1.165, 1.54) is 0 Å². The summed E-state index contributed by atoms with van der Waals surface area (Å²) in [6.45, 7) is 0.903. The zero-order valence-corrected chi connectivity index (χ0v) is 16.9. The van der Waals surface area contributed by atoms with E-state index in [0.717, 1.165) is 35.7 Å². The normalized spacial score (nSPS) is 16.0. The number of halogens is 1. The zero-order valence-electron chi connectivity index (χ0n) is 15.4. The highest BCUT2D eigenvalue weighted by atomic mass is 35.5. The van der Waals surface area contributed by atoms with Crippen LogP contribution in [-0.2, 0) is 20.0 Å². The molecular formula is C21H22ClNO4S. The number of carbonyl (C=O) groups excluding carboxylic acids is 2. The molecule has 0 radical (unpaired) electrons. The van der Waals surface area contributed by atoms with Gasteiger partial charge in [0, 0.05) is 28.8 Å². The predicted molar refractivity (Wildman–Crippen MR) is 110 cm³/mol. The molecule has 7 heteroatoms. The molecule has 28 heavy (non-hydrogen) atoms. The Hall–Kier alpha value is -2.02. The molecule has 1 atom stereocenters. The fraction of sp³-hybridized carbons (Fsp3) is 0.333. The van der Waals surface area contributed by atoms with Crippen LogP contribution in [0.15, 0.2) is 53.4 Å². The molecule has 148 valence electrons. The molecule has 1 amide bonds. The molecule has 1 saturated heterocycles. The number of carbonyl (C=O) groups is 2. The van der Waals surface area contributed by atoms with Crippen molar-refractivity contribution in [3.8, 4) is 0 Å². The fourth-order valence-electron chi connectivity index (χ4n) is 2.73. The Morgan fingerprint density at radius 3 is 2.57 bits per heavy atom. The van der Waals surface area contributed by atoms with Crippen molar-refractivity contribution < 1.29 is 19.1 Å². The Balaban J connectivity index is 1.40. The van der Waals surface area contributed by atoms with Crippen LogP contribution >= 0.6 is 23.4 Å². The largest absolute Gasteiger partial charge is 0.452 e. The summed E-state index contributed by atoms with van der Waals surface area (Å²) in [6, 6.07) is 14.9. The third-order valence-corrected chi connectivity index (χ3v) is 5.63. The maximum Gasteiger partial charge on any atom is 0.338 e. The van der Waals surface area contributed by atoms with E-state index >= 15 is 0 Å². The third kappa shape index (κ3) is 6.55. The Morgan fingerprint density at radius 1 is 1.14 bits per heavy atom. The number of amides is 1. The standard InChI is InChI=1S/C21H22ClNO4S/c22-17-7-9-19(10-8-17)28-14-15-3-5-16(6-4-15)21(25)27-13-20(24)23-12-18-2-1-11-26-18/h3-10,18H,1-2,11-14H2,(H,23,24)/t18-/m0/s1. The summed E-state index contributed by atoms with van der Waals surface area (Å²) < 4.78 is 10.5. The zero-order chi connectivity index (χ0) is 19.8. The van der Waals surface area contributed by atoms with Gasteiger partial charge < -0.3 is 14.8 Å². The van der Waals surface area contributed by atoms with Gasteiger partial charge in [-0.2, -0.15) is 0 Å². The summed E-state index contributed by atoms with van der Waals surface area (Å²) in [5.41, 5.74) is 1.51. The summed E-state index contributed by atoms with van der Waals surface area (Å²) in [5, 5.41) is 3.44. The van der Waals surface area contributed by atoms with Gasteiger partial charge in [-0.15, -0.1) is 11.8 Å². The molecule has 2 aromatic rings. The summed E-state index contributed by atoms with van der Waals surface area (Å²) in [5.74, 6) is -0.0493. The van der Waals surface area contributed by atoms with Crippen LogP contribution in [0.25, 0.3) is 0 Å². The molecule has 0 spiro atoms. The summed E-state index contributed by atoms with van der Waals surface area (Å²) in [6.07, 6.45) is 2.03. The van der Waals surface area contributed by atoms with Crippen LogP contribution in [0.1, 0.15) is 28.8 Å². The number of ether oxygens (including phenoxy) is 2. The Bertz CT molecular complexity index is 789. The second-order valence-corrected chi connectivity index (χ2v) is 7.94. The topological polar surface area (TPSA) is 64.6 Å². The number of rotatable bonds is 8. The highest BCUT2D eigenvalue weighted by Gasteiger charge is 2.17. The molecule has 0 bridgehead atoms. The van der Waals surface area contributed by atoms with Crippen LogP contribution < -0.4 is 5.32 Å². The third-order valence-electron chi connectivity index (χ3n) is 4.29.